The zero-order valence-electron chi connectivity index (χ0n) is 14.8. The molecule has 25 heavy (non-hydrogen) atoms. The topological polar surface area (TPSA) is 56.0 Å². The number of carbonyl (C=O) groups is 1. The highest BCUT2D eigenvalue weighted by Crippen LogP contribution is 2.25. The molecule has 1 heterocycles. The quantitative estimate of drug-likeness (QED) is 0.480. The molecule has 0 unspecified atom stereocenters. The van der Waals surface area contributed by atoms with E-state index in [2.05, 4.69) is 10.2 Å². The number of carbonyl (C=O) groups excluding carboxylic acids is 1. The normalized spacial score (nSPS) is 10.9. The zero-order chi connectivity index (χ0) is 18.0. The maximum absolute atomic E-state index is 12.6. The lowest BCUT2D eigenvalue weighted by molar-refractivity contribution is 0.102. The molecule has 0 atom stereocenters. The fourth-order valence-corrected chi connectivity index (χ4v) is 3.62. The molecule has 5 heteroatoms. The Balaban J connectivity index is 1.71. The van der Waals surface area contributed by atoms with E-state index in [1.165, 1.54) is 17.3 Å². The number of hydrogen-bond donors (Lipinski definition) is 0. The highest BCUT2D eigenvalue weighted by atomic mass is 32.2. The van der Waals surface area contributed by atoms with Crippen molar-refractivity contribution in [3.63, 3.8) is 0 Å². The van der Waals surface area contributed by atoms with Crippen molar-refractivity contribution >= 4 is 17.5 Å². The summed E-state index contributed by atoms with van der Waals surface area (Å²) in [6, 6.07) is 12.0. The van der Waals surface area contributed by atoms with Gasteiger partial charge in [-0.05, 0) is 51.0 Å². The standard InChI is InChI=1S/C20H20N2O2S/c1-12-6-5-7-16(10-12)19-21-22-20(24-19)25-11-17(23)18-14(3)8-13(2)9-15(18)4/h5-10H,11H2,1-4H3. The highest BCUT2D eigenvalue weighted by molar-refractivity contribution is 7.99. The van der Waals surface area contributed by atoms with Crippen LogP contribution in [0.4, 0.5) is 0 Å². The van der Waals surface area contributed by atoms with Crippen LogP contribution in [-0.2, 0) is 0 Å². The second-order valence-electron chi connectivity index (χ2n) is 6.23. The Morgan fingerprint density at radius 3 is 2.40 bits per heavy atom. The summed E-state index contributed by atoms with van der Waals surface area (Å²) in [5.74, 6) is 0.830. The van der Waals surface area contributed by atoms with Gasteiger partial charge in [-0.3, -0.25) is 4.79 Å². The molecular weight excluding hydrogens is 332 g/mol. The van der Waals surface area contributed by atoms with Gasteiger partial charge in [-0.25, -0.2) is 0 Å². The first-order valence-corrected chi connectivity index (χ1v) is 9.07. The number of Topliss-reactive ketones (excluding diaryl/α,β-unsaturated/α-hetero) is 1. The van der Waals surface area contributed by atoms with Gasteiger partial charge in [-0.1, -0.05) is 47.2 Å². The van der Waals surface area contributed by atoms with E-state index in [0.717, 1.165) is 27.8 Å². The van der Waals surface area contributed by atoms with Crippen molar-refractivity contribution in [1.29, 1.82) is 0 Å². The summed E-state index contributed by atoms with van der Waals surface area (Å²) in [6.07, 6.45) is 0. The zero-order valence-corrected chi connectivity index (χ0v) is 15.6. The number of aromatic nitrogens is 2. The SMILES string of the molecule is Cc1cccc(-c2nnc(SCC(=O)c3c(C)cc(C)cc3C)o2)c1. The van der Waals surface area contributed by atoms with Crippen molar-refractivity contribution in [3.8, 4) is 11.5 Å². The number of rotatable bonds is 5. The number of hydrogen-bond acceptors (Lipinski definition) is 5. The van der Waals surface area contributed by atoms with E-state index in [4.69, 9.17) is 4.42 Å². The number of thioether (sulfide) groups is 1. The van der Waals surface area contributed by atoms with Gasteiger partial charge in [0.2, 0.25) is 5.89 Å². The van der Waals surface area contributed by atoms with Gasteiger partial charge in [0.25, 0.3) is 5.22 Å². The maximum Gasteiger partial charge on any atom is 0.277 e. The molecule has 4 nitrogen and oxygen atoms in total. The molecule has 0 aliphatic carbocycles. The van der Waals surface area contributed by atoms with Gasteiger partial charge in [-0.15, -0.1) is 10.2 Å². The lowest BCUT2D eigenvalue weighted by atomic mass is 9.97. The monoisotopic (exact) mass is 352 g/mol. The molecule has 0 bridgehead atoms. The molecule has 0 saturated heterocycles. The van der Waals surface area contributed by atoms with Gasteiger partial charge in [0, 0.05) is 11.1 Å². The molecule has 0 fully saturated rings. The minimum absolute atomic E-state index is 0.0790. The third-order valence-electron chi connectivity index (χ3n) is 3.95. The van der Waals surface area contributed by atoms with Crippen LogP contribution in [0.2, 0.25) is 0 Å². The first-order chi connectivity index (χ1) is 11.9. The number of nitrogens with zero attached hydrogens (tertiary/aromatic N) is 2. The van der Waals surface area contributed by atoms with Crippen LogP contribution in [-0.4, -0.2) is 21.7 Å². The van der Waals surface area contributed by atoms with E-state index in [9.17, 15) is 4.79 Å². The minimum Gasteiger partial charge on any atom is -0.411 e. The van der Waals surface area contributed by atoms with Crippen LogP contribution >= 0.6 is 11.8 Å². The Hall–Kier alpha value is -2.40. The molecule has 3 rings (SSSR count). The first kappa shape index (κ1) is 17.4. The number of aryl methyl sites for hydroxylation is 4. The van der Waals surface area contributed by atoms with E-state index < -0.39 is 0 Å². The maximum atomic E-state index is 12.6. The van der Waals surface area contributed by atoms with E-state index in [1.807, 2.05) is 64.1 Å². The Bertz CT molecular complexity index is 908. The molecular formula is C20H20N2O2S. The molecule has 0 N–H and O–H groups in total. The van der Waals surface area contributed by atoms with Crippen molar-refractivity contribution in [2.75, 3.05) is 5.75 Å². The van der Waals surface area contributed by atoms with Crippen LogP contribution in [0.1, 0.15) is 32.6 Å². The second-order valence-corrected chi connectivity index (χ2v) is 7.15. The molecule has 0 spiro atoms. The number of benzene rings is 2. The Kier molecular flexibility index (Phi) is 5.04. The third kappa shape index (κ3) is 3.99. The molecule has 0 aliphatic rings. The summed E-state index contributed by atoms with van der Waals surface area (Å²) in [5, 5.41) is 8.53. The van der Waals surface area contributed by atoms with Crippen molar-refractivity contribution < 1.29 is 9.21 Å². The molecule has 1 aromatic heterocycles. The summed E-state index contributed by atoms with van der Waals surface area (Å²) in [7, 11) is 0. The minimum atomic E-state index is 0.0790. The summed E-state index contributed by atoms with van der Waals surface area (Å²) >= 11 is 1.27. The van der Waals surface area contributed by atoms with Crippen molar-refractivity contribution in [3.05, 3.63) is 64.2 Å². The smallest absolute Gasteiger partial charge is 0.277 e. The Morgan fingerprint density at radius 2 is 1.72 bits per heavy atom. The van der Waals surface area contributed by atoms with Crippen LogP contribution in [0.3, 0.4) is 0 Å². The predicted octanol–water partition coefficient (Wildman–Crippen LogP) is 4.95. The largest absolute Gasteiger partial charge is 0.411 e. The average Bonchev–Trinajstić information content (AvgIpc) is 3.01. The lowest BCUT2D eigenvalue weighted by Crippen LogP contribution is -2.07. The van der Waals surface area contributed by atoms with Gasteiger partial charge >= 0.3 is 0 Å². The van der Waals surface area contributed by atoms with Crippen LogP contribution < -0.4 is 0 Å². The fraction of sp³-hybridized carbons (Fsp3) is 0.250. The highest BCUT2D eigenvalue weighted by Gasteiger charge is 2.16. The van der Waals surface area contributed by atoms with E-state index in [0.29, 0.717) is 11.1 Å². The second kappa shape index (κ2) is 7.23. The molecule has 0 saturated carbocycles. The van der Waals surface area contributed by atoms with E-state index in [-0.39, 0.29) is 11.5 Å². The van der Waals surface area contributed by atoms with Gasteiger partial charge in [0.1, 0.15) is 0 Å². The Morgan fingerprint density at radius 1 is 1.00 bits per heavy atom. The molecule has 0 aliphatic heterocycles. The average molecular weight is 352 g/mol. The molecule has 3 aromatic rings. The van der Waals surface area contributed by atoms with Crippen LogP contribution in [0, 0.1) is 27.7 Å². The van der Waals surface area contributed by atoms with Crippen molar-refractivity contribution in [1.82, 2.24) is 10.2 Å². The van der Waals surface area contributed by atoms with Crippen LogP contribution in [0.15, 0.2) is 46.0 Å². The van der Waals surface area contributed by atoms with Crippen molar-refractivity contribution in [2.45, 2.75) is 32.9 Å². The number of ketones is 1. The van der Waals surface area contributed by atoms with Gasteiger partial charge in [-0.2, -0.15) is 0 Å². The first-order valence-electron chi connectivity index (χ1n) is 8.08. The van der Waals surface area contributed by atoms with Gasteiger partial charge in [0.15, 0.2) is 5.78 Å². The third-order valence-corrected chi connectivity index (χ3v) is 4.77. The fourth-order valence-electron chi connectivity index (χ4n) is 2.98. The Labute approximate surface area is 151 Å². The van der Waals surface area contributed by atoms with Gasteiger partial charge < -0.3 is 4.42 Å². The van der Waals surface area contributed by atoms with Crippen LogP contribution in [0.5, 0.6) is 0 Å². The van der Waals surface area contributed by atoms with Crippen molar-refractivity contribution in [2.24, 2.45) is 0 Å². The summed E-state index contributed by atoms with van der Waals surface area (Å²) < 4.78 is 5.68. The molecule has 2 aromatic carbocycles. The summed E-state index contributed by atoms with van der Waals surface area (Å²) in [4.78, 5) is 12.6. The molecule has 0 amide bonds. The van der Waals surface area contributed by atoms with E-state index >= 15 is 0 Å². The summed E-state index contributed by atoms with van der Waals surface area (Å²) in [6.45, 7) is 8.00. The predicted molar refractivity (Wildman–Crippen MR) is 100 cm³/mol. The molecule has 0 radical (unpaired) electrons. The van der Waals surface area contributed by atoms with E-state index in [1.54, 1.807) is 0 Å². The van der Waals surface area contributed by atoms with Crippen LogP contribution in [0.25, 0.3) is 11.5 Å². The van der Waals surface area contributed by atoms with Gasteiger partial charge in [0.05, 0.1) is 5.75 Å². The molecule has 128 valence electrons. The summed E-state index contributed by atoms with van der Waals surface area (Å²) in [5.41, 5.74) is 5.99. The lowest BCUT2D eigenvalue weighted by Gasteiger charge is -2.09.